The van der Waals surface area contributed by atoms with Crippen molar-refractivity contribution >= 4 is 96.3 Å². The van der Waals surface area contributed by atoms with E-state index >= 15 is 0 Å². The minimum Gasteiger partial charge on any atom is -0.506 e. The van der Waals surface area contributed by atoms with E-state index in [9.17, 15) is 15.0 Å². The number of nitrogens with two attached hydrogens (primary N) is 1. The Morgan fingerprint density at radius 3 is 2.21 bits per heavy atom. The van der Waals surface area contributed by atoms with Crippen molar-refractivity contribution in [1.29, 1.82) is 0 Å². The average molecular weight is 785 g/mol. The first kappa shape index (κ1) is 15.4. The van der Waals surface area contributed by atoms with E-state index in [1.807, 2.05) is 90.4 Å². The Bertz CT molecular complexity index is 887. The first-order valence-electron chi connectivity index (χ1n) is 8.15. The summed E-state index contributed by atoms with van der Waals surface area (Å²) in [6, 6.07) is 3.56. The monoisotopic (exact) mass is 785 g/mol. The van der Waals surface area contributed by atoms with Gasteiger partial charge in [-0.15, -0.1) is 0 Å². The summed E-state index contributed by atoms with van der Waals surface area (Å²) < 4.78 is 38.9. The van der Waals surface area contributed by atoms with Crippen LogP contribution in [0.1, 0.15) is 8.30 Å². The minimum atomic E-state index is -2.78. The van der Waals surface area contributed by atoms with Gasteiger partial charge in [0.15, 0.2) is 5.75 Å². The zero-order valence-corrected chi connectivity index (χ0v) is 20.2. The highest BCUT2D eigenvalue weighted by molar-refractivity contribution is 14.1. The fraction of sp³-hybridized carbons (Fsp3) is 0.133. The quantitative estimate of drug-likeness (QED) is 0.374. The van der Waals surface area contributed by atoms with Gasteiger partial charge in [-0.2, -0.15) is 0 Å². The second-order valence-corrected chi connectivity index (χ2v) is 9.13. The normalized spacial score (nSPS) is 17.2. The maximum Gasteiger partial charge on any atom is 0.320 e. The van der Waals surface area contributed by atoms with Crippen LogP contribution in [0.3, 0.4) is 0 Å². The summed E-state index contributed by atoms with van der Waals surface area (Å²) in [5, 5.41) is 19.1. The largest absolute Gasteiger partial charge is 0.506 e. The summed E-state index contributed by atoms with van der Waals surface area (Å²) in [6.45, 7) is 0. The standard InChI is InChI=1S/C15H11I4NO4/c16-8-4-7(5-9(17)13(8)21)24-14-10(18)1-6(2-11(14)19)3-12(20)15(22)23/h1-2,4-5,12,21H,3,20H2,(H,22,23)/t12-/m0/s1/i3T,12T/hT2/t3?,12-. The molecule has 0 saturated carbocycles. The molecule has 1 unspecified atom stereocenters. The summed E-state index contributed by atoms with van der Waals surface area (Å²) in [5.74, 6) is -0.604. The molecular formula is C15H11I4NO4. The van der Waals surface area contributed by atoms with Gasteiger partial charge in [-0.3, -0.25) is 4.79 Å². The zero-order chi connectivity index (χ0) is 21.4. The third-order valence-electron chi connectivity index (χ3n) is 2.75. The number of phenolic OH excluding ortho intramolecular Hbond substituents is 1. The van der Waals surface area contributed by atoms with Crippen LogP contribution in [0.25, 0.3) is 0 Å². The molecule has 0 radical (unpaired) electrons. The molecule has 9 heteroatoms. The SMILES string of the molecule is [3H]C(c1cc(I)c(Oc2cc(I)c(O)c(I)c2)c(I)c1)[C@@]([3H])(C(=O)O)N([3H])[3H]. The Balaban J connectivity index is 2.44. The first-order valence-corrected chi connectivity index (χ1v) is 10.5. The fourth-order valence-corrected chi connectivity index (χ4v) is 5.45. The minimum absolute atomic E-state index is 0.168. The van der Waals surface area contributed by atoms with E-state index in [4.69, 9.17) is 10.3 Å². The van der Waals surface area contributed by atoms with Crippen LogP contribution in [0.4, 0.5) is 0 Å². The van der Waals surface area contributed by atoms with Crippen LogP contribution in [0.5, 0.6) is 17.2 Å². The number of aromatic hydroxyl groups is 1. The highest BCUT2D eigenvalue weighted by Gasteiger charge is 2.16. The van der Waals surface area contributed by atoms with Crippen molar-refractivity contribution in [3.63, 3.8) is 0 Å². The zero-order valence-electron chi connectivity index (χ0n) is 15.6. The van der Waals surface area contributed by atoms with E-state index in [1.165, 1.54) is 12.1 Å². The number of rotatable bonds is 6. The van der Waals surface area contributed by atoms with E-state index < -0.39 is 18.4 Å². The molecule has 5 nitrogen and oxygen atoms in total. The second-order valence-electron chi connectivity index (χ2n) is 4.49. The maximum atomic E-state index is 11.4. The molecule has 0 aliphatic rings. The summed E-state index contributed by atoms with van der Waals surface area (Å²) in [4.78, 5) is 11.4. The highest BCUT2D eigenvalue weighted by Crippen LogP contribution is 2.36. The number of carboxylic acids is 1. The lowest BCUT2D eigenvalue weighted by atomic mass is 10.1. The number of halogens is 4. The van der Waals surface area contributed by atoms with Crippen LogP contribution in [0, 0.1) is 14.3 Å². The highest BCUT2D eigenvalue weighted by atomic mass is 127. The Hall–Kier alpha value is 0.390. The van der Waals surface area contributed by atoms with Crippen molar-refractivity contribution in [2.45, 2.75) is 12.4 Å². The molecule has 0 heterocycles. The van der Waals surface area contributed by atoms with Crippen LogP contribution in [0.15, 0.2) is 24.3 Å². The van der Waals surface area contributed by atoms with Crippen LogP contribution >= 0.6 is 90.4 Å². The second kappa shape index (κ2) is 8.85. The van der Waals surface area contributed by atoms with Gasteiger partial charge in [0.1, 0.15) is 20.3 Å². The lowest BCUT2D eigenvalue weighted by molar-refractivity contribution is -0.138. The van der Waals surface area contributed by atoms with Gasteiger partial charge in [0.2, 0.25) is 0 Å². The Kier molecular flexibility index (Phi) is 5.70. The predicted octanol–water partition coefficient (Wildman–Crippen LogP) is 4.56. The van der Waals surface area contributed by atoms with Gasteiger partial charge in [-0.1, -0.05) is 0 Å². The molecule has 128 valence electrons. The smallest absolute Gasteiger partial charge is 0.320 e. The molecule has 24 heavy (non-hydrogen) atoms. The Morgan fingerprint density at radius 2 is 1.75 bits per heavy atom. The Labute approximate surface area is 199 Å². The van der Waals surface area contributed by atoms with Crippen molar-refractivity contribution in [2.24, 2.45) is 5.72 Å². The molecule has 2 atom stereocenters. The van der Waals surface area contributed by atoms with E-state index in [0.29, 0.717) is 25.8 Å². The van der Waals surface area contributed by atoms with Crippen LogP contribution in [0.2, 0.25) is 2.82 Å². The van der Waals surface area contributed by atoms with Crippen LogP contribution in [-0.2, 0) is 11.2 Å². The number of ether oxygens (including phenoxy) is 1. The van der Waals surface area contributed by atoms with Gasteiger partial charge in [-0.25, -0.2) is 0 Å². The third kappa shape index (κ3) is 5.20. The molecule has 0 spiro atoms. The van der Waals surface area contributed by atoms with Crippen molar-refractivity contribution < 1.29 is 25.3 Å². The number of benzene rings is 2. The molecule has 0 aliphatic heterocycles. The predicted molar refractivity (Wildman–Crippen MR) is 125 cm³/mol. The van der Waals surface area contributed by atoms with Gasteiger partial charge < -0.3 is 20.7 Å². The molecule has 2 aromatic rings. The molecule has 0 fully saturated rings. The topological polar surface area (TPSA) is 92.8 Å². The molecule has 0 aliphatic carbocycles. The lowest BCUT2D eigenvalue weighted by Crippen LogP contribution is -2.32. The van der Waals surface area contributed by atoms with Gasteiger partial charge in [0.05, 0.1) is 15.7 Å². The number of hydrogen-bond donors (Lipinski definition) is 3. The molecule has 4 N–H and O–H groups in total. The number of hydrogen-bond acceptors (Lipinski definition) is 4. The average Bonchev–Trinajstić information content (AvgIpc) is 2.60. The van der Waals surface area contributed by atoms with Gasteiger partial charge >= 0.3 is 5.97 Å². The number of carboxylic acid groups (broad SMARTS) is 1. The first-order chi connectivity index (χ1) is 12.9. The molecule has 0 aromatic heterocycles. The molecule has 2 rings (SSSR count). The molecule has 0 saturated heterocycles. The summed E-state index contributed by atoms with van der Waals surface area (Å²) in [5.41, 5.74) is -0.102. The third-order valence-corrected chi connectivity index (χ3v) is 6.00. The van der Waals surface area contributed by atoms with Crippen LogP contribution < -0.4 is 10.5 Å². The van der Waals surface area contributed by atoms with Gasteiger partial charge in [0.25, 0.3) is 0 Å². The van der Waals surface area contributed by atoms with Crippen molar-refractivity contribution in [2.75, 3.05) is 0 Å². The fourth-order valence-electron chi connectivity index (χ4n) is 1.70. The van der Waals surface area contributed by atoms with E-state index in [1.54, 1.807) is 12.1 Å². The van der Waals surface area contributed by atoms with E-state index in [0.717, 1.165) is 0 Å². The van der Waals surface area contributed by atoms with Gasteiger partial charge in [0, 0.05) is 1.37 Å². The summed E-state index contributed by atoms with van der Waals surface area (Å²) >= 11 is 7.93. The van der Waals surface area contributed by atoms with E-state index in [-0.39, 0.29) is 17.0 Å². The van der Waals surface area contributed by atoms with Crippen molar-refractivity contribution in [1.82, 2.24) is 0 Å². The van der Waals surface area contributed by atoms with Gasteiger partial charge in [-0.05, 0) is 127 Å². The van der Waals surface area contributed by atoms with Crippen LogP contribution in [-0.4, -0.2) is 22.2 Å². The number of phenols is 1. The molecule has 2 aromatic carbocycles. The van der Waals surface area contributed by atoms with Crippen molar-refractivity contribution in [3.05, 3.63) is 44.1 Å². The summed E-state index contributed by atoms with van der Waals surface area (Å²) in [7, 11) is 0. The Morgan fingerprint density at radius 1 is 1.21 bits per heavy atom. The summed E-state index contributed by atoms with van der Waals surface area (Å²) in [6.07, 6.45) is -1.69. The van der Waals surface area contributed by atoms with E-state index in [2.05, 4.69) is 0 Å². The molecular weight excluding hydrogens is 766 g/mol. The maximum absolute atomic E-state index is 11.4. The molecule has 0 amide bonds. The lowest BCUT2D eigenvalue weighted by Gasteiger charge is -2.14. The number of carbonyl (C=O) groups is 1. The van der Waals surface area contributed by atoms with Crippen molar-refractivity contribution in [3.8, 4) is 17.2 Å². The number of aliphatic carboxylic acids is 1. The molecule has 0 bridgehead atoms.